The van der Waals surface area contributed by atoms with Gasteiger partial charge in [-0.3, -0.25) is 14.5 Å². The average molecular weight is 396 g/mol. The number of hydrogen-bond acceptors (Lipinski definition) is 2. The highest BCUT2D eigenvalue weighted by Gasteiger charge is 2.56. The molecule has 0 aromatic heterocycles. The summed E-state index contributed by atoms with van der Waals surface area (Å²) >= 11 is 0. The van der Waals surface area contributed by atoms with Crippen molar-refractivity contribution in [2.75, 3.05) is 4.90 Å². The van der Waals surface area contributed by atoms with Crippen molar-refractivity contribution < 1.29 is 9.59 Å². The van der Waals surface area contributed by atoms with E-state index in [1.54, 1.807) is 0 Å². The van der Waals surface area contributed by atoms with Crippen molar-refractivity contribution in [3.05, 3.63) is 102 Å². The monoisotopic (exact) mass is 395 g/mol. The molecule has 3 nitrogen and oxygen atoms in total. The fraction of sp³-hybridized carbons (Fsp3) is 0.259. The van der Waals surface area contributed by atoms with Gasteiger partial charge in [-0.15, -0.1) is 0 Å². The van der Waals surface area contributed by atoms with E-state index in [0.717, 1.165) is 29.5 Å². The maximum Gasteiger partial charge on any atom is 0.238 e. The van der Waals surface area contributed by atoms with E-state index in [2.05, 4.69) is 24.3 Å². The maximum absolute atomic E-state index is 13.7. The van der Waals surface area contributed by atoms with E-state index in [9.17, 15) is 9.59 Å². The van der Waals surface area contributed by atoms with E-state index < -0.39 is 0 Å². The molecular weight excluding hydrogens is 370 g/mol. The third kappa shape index (κ3) is 3.06. The molecule has 2 amide bonds. The first-order valence-electron chi connectivity index (χ1n) is 10.7. The van der Waals surface area contributed by atoms with Gasteiger partial charge in [0, 0.05) is 0 Å². The molecule has 3 aromatic carbocycles. The molecular formula is C27H25NO2. The number of carbonyl (C=O) groups is 2. The van der Waals surface area contributed by atoms with E-state index in [-0.39, 0.29) is 35.5 Å². The standard InChI is InChI=1S/C27H25NO2/c1-18-9-8-14-21(17-18)28-26(29)24-22(19-10-4-2-5-11-19)15-16-23(25(24)27(28)30)20-12-6-3-7-13-20/h2-14,17,22-25H,15-16H2,1H3/t22-,23+,24-,25-/m1/s1. The molecule has 4 atom stereocenters. The van der Waals surface area contributed by atoms with Crippen LogP contribution in [0, 0.1) is 18.8 Å². The number of benzene rings is 3. The smallest absolute Gasteiger partial charge is 0.238 e. The number of amides is 2. The molecule has 30 heavy (non-hydrogen) atoms. The Morgan fingerprint density at radius 3 is 1.63 bits per heavy atom. The Bertz CT molecular complexity index is 1010. The Kier molecular flexibility index (Phi) is 4.74. The number of nitrogens with zero attached hydrogens (tertiary/aromatic N) is 1. The molecule has 2 aliphatic rings. The molecule has 1 heterocycles. The second-order valence-electron chi connectivity index (χ2n) is 8.51. The Balaban J connectivity index is 1.61. The molecule has 1 aliphatic carbocycles. The van der Waals surface area contributed by atoms with Crippen LogP contribution in [0.3, 0.4) is 0 Å². The van der Waals surface area contributed by atoms with Gasteiger partial charge in [0.15, 0.2) is 0 Å². The molecule has 3 heteroatoms. The number of aryl methyl sites for hydroxylation is 1. The molecule has 0 bridgehead atoms. The first-order chi connectivity index (χ1) is 14.6. The van der Waals surface area contributed by atoms with Crippen molar-refractivity contribution in [1.82, 2.24) is 0 Å². The van der Waals surface area contributed by atoms with Crippen molar-refractivity contribution in [3.8, 4) is 0 Å². The molecule has 1 saturated heterocycles. The number of fused-ring (bicyclic) bond motifs is 1. The predicted octanol–water partition coefficient (Wildman–Crippen LogP) is 5.46. The fourth-order valence-corrected chi connectivity index (χ4v) is 5.45. The van der Waals surface area contributed by atoms with Crippen LogP contribution < -0.4 is 4.90 Å². The van der Waals surface area contributed by atoms with Crippen LogP contribution in [0.1, 0.15) is 41.4 Å². The SMILES string of the molecule is Cc1cccc(N2C(=O)[C@H]3[C@H](C2=O)[C@H](c2ccccc2)CC[C@@H]3c2ccccc2)c1. The van der Waals surface area contributed by atoms with Gasteiger partial charge < -0.3 is 0 Å². The average Bonchev–Trinajstić information content (AvgIpc) is 3.05. The second kappa shape index (κ2) is 7.56. The lowest BCUT2D eigenvalue weighted by atomic mass is 9.64. The third-order valence-electron chi connectivity index (χ3n) is 6.77. The van der Waals surface area contributed by atoms with Gasteiger partial charge in [-0.1, -0.05) is 72.8 Å². The number of rotatable bonds is 3. The van der Waals surface area contributed by atoms with E-state index in [1.807, 2.05) is 67.6 Å². The summed E-state index contributed by atoms with van der Waals surface area (Å²) in [5.74, 6) is -0.598. The Hall–Kier alpha value is -3.20. The minimum Gasteiger partial charge on any atom is -0.274 e. The zero-order valence-electron chi connectivity index (χ0n) is 17.1. The summed E-state index contributed by atoms with van der Waals surface area (Å²) in [7, 11) is 0. The lowest BCUT2D eigenvalue weighted by molar-refractivity contribution is -0.122. The zero-order chi connectivity index (χ0) is 20.7. The second-order valence-corrected chi connectivity index (χ2v) is 8.51. The normalized spacial score (nSPS) is 26.0. The van der Waals surface area contributed by atoms with Crippen LogP contribution in [0.5, 0.6) is 0 Å². The first-order valence-corrected chi connectivity index (χ1v) is 10.7. The topological polar surface area (TPSA) is 37.4 Å². The van der Waals surface area contributed by atoms with Crippen molar-refractivity contribution in [2.45, 2.75) is 31.6 Å². The maximum atomic E-state index is 13.7. The number of anilines is 1. The van der Waals surface area contributed by atoms with Gasteiger partial charge >= 0.3 is 0 Å². The molecule has 0 radical (unpaired) electrons. The molecule has 3 aromatic rings. The molecule has 0 spiro atoms. The van der Waals surface area contributed by atoms with Crippen LogP contribution in [-0.4, -0.2) is 11.8 Å². The molecule has 0 unspecified atom stereocenters. The Morgan fingerprint density at radius 2 is 1.17 bits per heavy atom. The van der Waals surface area contributed by atoms with Crippen LogP contribution in [-0.2, 0) is 9.59 Å². The summed E-state index contributed by atoms with van der Waals surface area (Å²) < 4.78 is 0. The summed E-state index contributed by atoms with van der Waals surface area (Å²) in [4.78, 5) is 28.9. The van der Waals surface area contributed by atoms with E-state index >= 15 is 0 Å². The molecule has 2 fully saturated rings. The summed E-state index contributed by atoms with van der Waals surface area (Å²) in [5, 5.41) is 0. The van der Waals surface area contributed by atoms with Crippen molar-refractivity contribution in [1.29, 1.82) is 0 Å². The van der Waals surface area contributed by atoms with Crippen LogP contribution in [0.25, 0.3) is 0 Å². The summed E-state index contributed by atoms with van der Waals surface area (Å²) in [6.45, 7) is 1.99. The molecule has 5 rings (SSSR count). The van der Waals surface area contributed by atoms with Crippen LogP contribution >= 0.6 is 0 Å². The van der Waals surface area contributed by atoms with Gasteiger partial charge in [0.05, 0.1) is 17.5 Å². The molecule has 1 aliphatic heterocycles. The van der Waals surface area contributed by atoms with Gasteiger partial charge in [-0.25, -0.2) is 0 Å². The number of imide groups is 1. The molecule has 0 N–H and O–H groups in total. The minimum atomic E-state index is -0.320. The van der Waals surface area contributed by atoms with Crippen molar-refractivity contribution in [3.63, 3.8) is 0 Å². The highest BCUT2D eigenvalue weighted by Crippen LogP contribution is 2.53. The van der Waals surface area contributed by atoms with Gasteiger partial charge in [-0.05, 0) is 60.4 Å². The third-order valence-corrected chi connectivity index (χ3v) is 6.77. The number of hydrogen-bond donors (Lipinski definition) is 0. The Labute approximate surface area is 177 Å². The summed E-state index contributed by atoms with van der Waals surface area (Å²) in [6, 6.07) is 28.2. The predicted molar refractivity (Wildman–Crippen MR) is 118 cm³/mol. The van der Waals surface area contributed by atoms with Crippen molar-refractivity contribution in [2.24, 2.45) is 11.8 Å². The van der Waals surface area contributed by atoms with Gasteiger partial charge in [0.2, 0.25) is 11.8 Å². The lowest BCUT2D eigenvalue weighted by Gasteiger charge is -2.37. The zero-order valence-corrected chi connectivity index (χ0v) is 17.1. The van der Waals surface area contributed by atoms with Gasteiger partial charge in [0.25, 0.3) is 0 Å². The van der Waals surface area contributed by atoms with E-state index in [0.29, 0.717) is 5.69 Å². The first kappa shape index (κ1) is 18.8. The van der Waals surface area contributed by atoms with Crippen LogP contribution in [0.2, 0.25) is 0 Å². The highest BCUT2D eigenvalue weighted by molar-refractivity contribution is 6.22. The van der Waals surface area contributed by atoms with Gasteiger partial charge in [-0.2, -0.15) is 0 Å². The summed E-state index contributed by atoms with van der Waals surface area (Å²) in [5.41, 5.74) is 4.05. The fourth-order valence-electron chi connectivity index (χ4n) is 5.45. The largest absolute Gasteiger partial charge is 0.274 e. The quantitative estimate of drug-likeness (QED) is 0.552. The number of carbonyl (C=O) groups excluding carboxylic acids is 2. The summed E-state index contributed by atoms with van der Waals surface area (Å²) in [6.07, 6.45) is 1.82. The van der Waals surface area contributed by atoms with Crippen LogP contribution in [0.15, 0.2) is 84.9 Å². The minimum absolute atomic E-state index is 0.0508. The molecule has 1 saturated carbocycles. The van der Waals surface area contributed by atoms with Crippen LogP contribution in [0.4, 0.5) is 5.69 Å². The van der Waals surface area contributed by atoms with E-state index in [1.165, 1.54) is 4.90 Å². The molecule has 150 valence electrons. The van der Waals surface area contributed by atoms with Crippen molar-refractivity contribution >= 4 is 17.5 Å². The van der Waals surface area contributed by atoms with Gasteiger partial charge in [0.1, 0.15) is 0 Å². The van der Waals surface area contributed by atoms with E-state index in [4.69, 9.17) is 0 Å². The highest BCUT2D eigenvalue weighted by atomic mass is 16.2. The lowest BCUT2D eigenvalue weighted by Crippen LogP contribution is -2.34. The Morgan fingerprint density at radius 1 is 0.667 bits per heavy atom.